The highest BCUT2D eigenvalue weighted by molar-refractivity contribution is 6.29. The summed E-state index contributed by atoms with van der Waals surface area (Å²) in [5.41, 5.74) is 6.49. The van der Waals surface area contributed by atoms with Crippen LogP contribution in [-0.4, -0.2) is 10.1 Å². The summed E-state index contributed by atoms with van der Waals surface area (Å²) < 4.78 is 0. The fourth-order valence-electron chi connectivity index (χ4n) is 0.615. The predicted octanol–water partition coefficient (Wildman–Crippen LogP) is 0.810. The lowest BCUT2D eigenvalue weighted by atomic mass is 10.2. The van der Waals surface area contributed by atoms with Crippen LogP contribution in [0.2, 0.25) is 5.15 Å². The van der Waals surface area contributed by atoms with Crippen molar-refractivity contribution in [2.75, 3.05) is 5.73 Å². The first-order valence-electron chi connectivity index (χ1n) is 2.75. The molecule has 0 aliphatic rings. The molecule has 0 unspecified atom stereocenters. The van der Waals surface area contributed by atoms with E-state index in [2.05, 4.69) is 4.98 Å². The number of halogens is 1. The van der Waals surface area contributed by atoms with Gasteiger partial charge >= 0.3 is 0 Å². The Hall–Kier alpha value is -0.800. The standard InChI is InChI=1S/C6H7ClN2O/c7-6-1-4(3-10)5(8)2-9-6/h1-2,10H,3,8H2. The van der Waals surface area contributed by atoms with Gasteiger partial charge in [0.25, 0.3) is 0 Å². The molecule has 3 nitrogen and oxygen atoms in total. The molecule has 0 aliphatic heterocycles. The third-order valence-electron chi connectivity index (χ3n) is 1.16. The smallest absolute Gasteiger partial charge is 0.129 e. The highest BCUT2D eigenvalue weighted by atomic mass is 35.5. The van der Waals surface area contributed by atoms with Gasteiger partial charge in [-0.05, 0) is 6.07 Å². The zero-order valence-corrected chi connectivity index (χ0v) is 5.97. The molecule has 0 bridgehead atoms. The van der Waals surface area contributed by atoms with Crippen LogP contribution in [0.25, 0.3) is 0 Å². The van der Waals surface area contributed by atoms with Crippen molar-refractivity contribution in [3.05, 3.63) is 23.0 Å². The third kappa shape index (κ3) is 1.37. The van der Waals surface area contributed by atoms with Gasteiger partial charge in [0.15, 0.2) is 0 Å². The summed E-state index contributed by atoms with van der Waals surface area (Å²) in [5.74, 6) is 0. The van der Waals surface area contributed by atoms with Crippen LogP contribution in [0.3, 0.4) is 0 Å². The maximum atomic E-state index is 8.68. The zero-order chi connectivity index (χ0) is 7.56. The summed E-state index contributed by atoms with van der Waals surface area (Å²) in [7, 11) is 0. The quantitative estimate of drug-likeness (QED) is 0.595. The largest absolute Gasteiger partial charge is 0.397 e. The predicted molar refractivity (Wildman–Crippen MR) is 39.6 cm³/mol. The molecule has 0 aromatic carbocycles. The minimum absolute atomic E-state index is 0.103. The minimum Gasteiger partial charge on any atom is -0.397 e. The fraction of sp³-hybridized carbons (Fsp3) is 0.167. The average Bonchev–Trinajstić information content (AvgIpc) is 1.94. The van der Waals surface area contributed by atoms with E-state index >= 15 is 0 Å². The molecule has 0 atom stereocenters. The zero-order valence-electron chi connectivity index (χ0n) is 5.21. The van der Waals surface area contributed by atoms with E-state index in [1.54, 1.807) is 0 Å². The van der Waals surface area contributed by atoms with E-state index in [0.717, 1.165) is 0 Å². The van der Waals surface area contributed by atoms with Crippen molar-refractivity contribution in [2.24, 2.45) is 0 Å². The van der Waals surface area contributed by atoms with Crippen LogP contribution >= 0.6 is 11.6 Å². The van der Waals surface area contributed by atoms with Gasteiger partial charge in [-0.15, -0.1) is 0 Å². The number of anilines is 1. The van der Waals surface area contributed by atoms with E-state index < -0.39 is 0 Å². The summed E-state index contributed by atoms with van der Waals surface area (Å²) in [5, 5.41) is 9.02. The maximum Gasteiger partial charge on any atom is 0.129 e. The molecule has 0 radical (unpaired) electrons. The van der Waals surface area contributed by atoms with Gasteiger partial charge in [-0.25, -0.2) is 4.98 Å². The van der Waals surface area contributed by atoms with Crippen molar-refractivity contribution in [1.82, 2.24) is 4.98 Å². The first kappa shape index (κ1) is 7.31. The Balaban J connectivity index is 3.09. The van der Waals surface area contributed by atoms with E-state index in [1.807, 2.05) is 0 Å². The summed E-state index contributed by atoms with van der Waals surface area (Å²) in [6, 6.07) is 1.54. The van der Waals surface area contributed by atoms with Crippen molar-refractivity contribution in [3.8, 4) is 0 Å². The molecule has 0 spiro atoms. The molecule has 1 aromatic heterocycles. The van der Waals surface area contributed by atoms with Gasteiger partial charge in [0.05, 0.1) is 18.5 Å². The Labute approximate surface area is 63.5 Å². The number of nitrogen functional groups attached to an aromatic ring is 1. The Bertz CT molecular complexity index is 239. The first-order chi connectivity index (χ1) is 4.74. The Morgan fingerprint density at radius 1 is 1.70 bits per heavy atom. The monoisotopic (exact) mass is 158 g/mol. The van der Waals surface area contributed by atoms with E-state index in [1.165, 1.54) is 12.3 Å². The highest BCUT2D eigenvalue weighted by Gasteiger charge is 1.97. The van der Waals surface area contributed by atoms with E-state index in [0.29, 0.717) is 16.4 Å². The number of hydrogen-bond acceptors (Lipinski definition) is 3. The second-order valence-corrected chi connectivity index (χ2v) is 2.25. The van der Waals surface area contributed by atoms with Crippen LogP contribution in [0.5, 0.6) is 0 Å². The number of nitrogens with zero attached hydrogens (tertiary/aromatic N) is 1. The summed E-state index contributed by atoms with van der Waals surface area (Å²) in [4.78, 5) is 3.72. The van der Waals surface area contributed by atoms with Gasteiger partial charge in [0.1, 0.15) is 5.15 Å². The van der Waals surface area contributed by atoms with Crippen molar-refractivity contribution >= 4 is 17.3 Å². The number of nitrogens with two attached hydrogens (primary N) is 1. The van der Waals surface area contributed by atoms with Gasteiger partial charge in [-0.3, -0.25) is 0 Å². The van der Waals surface area contributed by atoms with Crippen molar-refractivity contribution in [1.29, 1.82) is 0 Å². The van der Waals surface area contributed by atoms with Gasteiger partial charge in [0.2, 0.25) is 0 Å². The Kier molecular flexibility index (Phi) is 2.09. The number of aliphatic hydroxyl groups is 1. The first-order valence-corrected chi connectivity index (χ1v) is 3.12. The van der Waals surface area contributed by atoms with Crippen LogP contribution < -0.4 is 5.73 Å². The third-order valence-corrected chi connectivity index (χ3v) is 1.37. The number of aliphatic hydroxyl groups excluding tert-OH is 1. The second kappa shape index (κ2) is 2.86. The molecule has 0 saturated heterocycles. The molecule has 3 N–H and O–H groups in total. The van der Waals surface area contributed by atoms with Crippen molar-refractivity contribution < 1.29 is 5.11 Å². The van der Waals surface area contributed by atoms with Crippen molar-refractivity contribution in [3.63, 3.8) is 0 Å². The molecular weight excluding hydrogens is 152 g/mol. The summed E-state index contributed by atoms with van der Waals surface area (Å²) in [6.45, 7) is -0.103. The van der Waals surface area contributed by atoms with Gasteiger partial charge < -0.3 is 10.8 Å². The molecule has 1 heterocycles. The number of rotatable bonds is 1. The number of aromatic nitrogens is 1. The molecular formula is C6H7ClN2O. The minimum atomic E-state index is -0.103. The van der Waals surface area contributed by atoms with Gasteiger partial charge in [-0.1, -0.05) is 11.6 Å². The normalized spacial score (nSPS) is 9.80. The van der Waals surface area contributed by atoms with Gasteiger partial charge in [-0.2, -0.15) is 0 Å². The molecule has 0 saturated carbocycles. The average molecular weight is 159 g/mol. The molecule has 0 aliphatic carbocycles. The molecule has 1 aromatic rings. The molecule has 0 amide bonds. The maximum absolute atomic E-state index is 8.68. The topological polar surface area (TPSA) is 59.1 Å². The lowest BCUT2D eigenvalue weighted by Gasteiger charge is -1.99. The molecule has 10 heavy (non-hydrogen) atoms. The lowest BCUT2D eigenvalue weighted by molar-refractivity contribution is 0.282. The SMILES string of the molecule is Nc1cnc(Cl)cc1CO. The van der Waals surface area contributed by atoms with E-state index in [-0.39, 0.29) is 6.61 Å². The Morgan fingerprint density at radius 3 is 2.90 bits per heavy atom. The van der Waals surface area contributed by atoms with Crippen LogP contribution in [0.4, 0.5) is 5.69 Å². The van der Waals surface area contributed by atoms with E-state index in [4.69, 9.17) is 22.4 Å². The van der Waals surface area contributed by atoms with Gasteiger partial charge in [0, 0.05) is 5.56 Å². The van der Waals surface area contributed by atoms with Crippen LogP contribution in [0.15, 0.2) is 12.3 Å². The van der Waals surface area contributed by atoms with Crippen molar-refractivity contribution in [2.45, 2.75) is 6.61 Å². The molecule has 54 valence electrons. The highest BCUT2D eigenvalue weighted by Crippen LogP contribution is 2.13. The molecule has 1 rings (SSSR count). The lowest BCUT2D eigenvalue weighted by Crippen LogP contribution is -1.94. The molecule has 4 heteroatoms. The molecule has 0 fully saturated rings. The summed E-state index contributed by atoms with van der Waals surface area (Å²) >= 11 is 5.52. The van der Waals surface area contributed by atoms with Crippen LogP contribution in [-0.2, 0) is 6.61 Å². The van der Waals surface area contributed by atoms with Crippen LogP contribution in [0.1, 0.15) is 5.56 Å². The Morgan fingerprint density at radius 2 is 2.40 bits per heavy atom. The van der Waals surface area contributed by atoms with E-state index in [9.17, 15) is 0 Å². The number of hydrogen-bond donors (Lipinski definition) is 2. The summed E-state index contributed by atoms with van der Waals surface area (Å²) in [6.07, 6.45) is 1.42. The second-order valence-electron chi connectivity index (χ2n) is 1.86. The van der Waals surface area contributed by atoms with Crippen LogP contribution in [0, 0.1) is 0 Å². The fourth-order valence-corrected chi connectivity index (χ4v) is 0.796. The number of pyridine rings is 1.